The monoisotopic (exact) mass is 452 g/mol. The van der Waals surface area contributed by atoms with Gasteiger partial charge < -0.3 is 10.6 Å². The molecule has 0 aliphatic heterocycles. The van der Waals surface area contributed by atoms with Crippen molar-refractivity contribution in [1.82, 2.24) is 10.6 Å². The minimum absolute atomic E-state index is 0. The second-order valence-corrected chi connectivity index (χ2v) is 5.99. The van der Waals surface area contributed by atoms with Gasteiger partial charge >= 0.3 is 0 Å². The molecular weight excluding hydrogens is 431 g/mol. The van der Waals surface area contributed by atoms with Gasteiger partial charge in [-0.1, -0.05) is 30.3 Å². The third kappa shape index (κ3) is 7.23. The molecule has 6 heteroatoms. The number of nitriles is 1. The van der Waals surface area contributed by atoms with Crippen LogP contribution in [0, 0.1) is 11.3 Å². The number of nitrogens with one attached hydrogen (secondary N) is 2. The number of aliphatic imine (C=N–C) groups is 1. The first-order valence-electron chi connectivity index (χ1n) is 7.43. The Morgan fingerprint density at radius 2 is 1.79 bits per heavy atom. The van der Waals surface area contributed by atoms with Crippen LogP contribution in [0.2, 0.25) is 0 Å². The molecule has 0 atom stereocenters. The number of thioether (sulfide) groups is 1. The van der Waals surface area contributed by atoms with E-state index in [1.54, 1.807) is 7.05 Å². The molecular formula is C18H21IN4S. The fraction of sp³-hybridized carbons (Fsp3) is 0.222. The Morgan fingerprint density at radius 3 is 2.42 bits per heavy atom. The molecule has 0 radical (unpaired) electrons. The summed E-state index contributed by atoms with van der Waals surface area (Å²) < 4.78 is 0. The molecule has 0 spiro atoms. The maximum atomic E-state index is 8.79. The molecule has 0 heterocycles. The minimum Gasteiger partial charge on any atom is -0.356 e. The average Bonchev–Trinajstić information content (AvgIpc) is 2.62. The fourth-order valence-electron chi connectivity index (χ4n) is 1.96. The van der Waals surface area contributed by atoms with E-state index in [-0.39, 0.29) is 24.0 Å². The molecule has 0 fully saturated rings. The molecule has 4 nitrogen and oxygen atoms in total. The van der Waals surface area contributed by atoms with E-state index in [1.807, 2.05) is 54.2 Å². The molecule has 0 unspecified atom stereocenters. The van der Waals surface area contributed by atoms with Crippen LogP contribution in [0.3, 0.4) is 0 Å². The Kier molecular flexibility index (Phi) is 9.96. The van der Waals surface area contributed by atoms with Gasteiger partial charge in [0.25, 0.3) is 0 Å². The lowest BCUT2D eigenvalue weighted by atomic mass is 10.1. The highest BCUT2D eigenvalue weighted by Crippen LogP contribution is 2.15. The van der Waals surface area contributed by atoms with Crippen molar-refractivity contribution in [2.45, 2.75) is 11.4 Å². The van der Waals surface area contributed by atoms with E-state index in [9.17, 15) is 0 Å². The number of hydrogen-bond donors (Lipinski definition) is 2. The number of hydrogen-bond acceptors (Lipinski definition) is 3. The van der Waals surface area contributed by atoms with E-state index < -0.39 is 0 Å². The summed E-state index contributed by atoms with van der Waals surface area (Å²) in [6, 6.07) is 20.0. The number of guanidine groups is 1. The molecule has 0 amide bonds. The predicted molar refractivity (Wildman–Crippen MR) is 112 cm³/mol. The molecule has 0 aliphatic carbocycles. The number of benzene rings is 2. The zero-order chi connectivity index (χ0) is 16.3. The fourth-order valence-corrected chi connectivity index (χ4v) is 2.75. The van der Waals surface area contributed by atoms with E-state index in [1.165, 1.54) is 4.90 Å². The maximum Gasteiger partial charge on any atom is 0.191 e. The summed E-state index contributed by atoms with van der Waals surface area (Å²) in [5.41, 5.74) is 1.79. The first-order chi connectivity index (χ1) is 11.3. The Labute approximate surface area is 164 Å². The van der Waals surface area contributed by atoms with Gasteiger partial charge in [-0.2, -0.15) is 5.26 Å². The number of halogens is 1. The highest BCUT2D eigenvalue weighted by atomic mass is 127. The summed E-state index contributed by atoms with van der Waals surface area (Å²) in [4.78, 5) is 5.49. The van der Waals surface area contributed by atoms with E-state index in [2.05, 4.69) is 33.8 Å². The van der Waals surface area contributed by atoms with Crippen LogP contribution in [0.4, 0.5) is 0 Å². The van der Waals surface area contributed by atoms with Crippen LogP contribution < -0.4 is 10.6 Å². The molecule has 0 bridgehead atoms. The average molecular weight is 452 g/mol. The van der Waals surface area contributed by atoms with Gasteiger partial charge in [0.15, 0.2) is 5.96 Å². The summed E-state index contributed by atoms with van der Waals surface area (Å²) in [5.74, 6) is 1.75. The summed E-state index contributed by atoms with van der Waals surface area (Å²) in [6.45, 7) is 1.52. The molecule has 0 saturated heterocycles. The van der Waals surface area contributed by atoms with Gasteiger partial charge in [-0.3, -0.25) is 4.99 Å². The molecule has 2 aromatic rings. The van der Waals surface area contributed by atoms with E-state index in [0.717, 1.165) is 23.8 Å². The minimum atomic E-state index is 0. The molecule has 0 aromatic heterocycles. The van der Waals surface area contributed by atoms with Crippen LogP contribution in [-0.2, 0) is 6.54 Å². The van der Waals surface area contributed by atoms with Gasteiger partial charge in [0, 0.05) is 30.8 Å². The van der Waals surface area contributed by atoms with Crippen LogP contribution in [0.25, 0.3) is 0 Å². The zero-order valence-electron chi connectivity index (χ0n) is 13.5. The zero-order valence-corrected chi connectivity index (χ0v) is 16.7. The smallest absolute Gasteiger partial charge is 0.191 e. The van der Waals surface area contributed by atoms with Crippen molar-refractivity contribution in [1.29, 1.82) is 5.26 Å². The van der Waals surface area contributed by atoms with Crippen molar-refractivity contribution < 1.29 is 0 Å². The van der Waals surface area contributed by atoms with Crippen LogP contribution in [-0.4, -0.2) is 25.3 Å². The van der Waals surface area contributed by atoms with Crippen molar-refractivity contribution in [3.8, 4) is 6.07 Å². The van der Waals surface area contributed by atoms with Gasteiger partial charge in [-0.25, -0.2) is 0 Å². The summed E-state index contributed by atoms with van der Waals surface area (Å²) >= 11 is 1.82. The second-order valence-electron chi connectivity index (χ2n) is 4.82. The number of nitrogens with zero attached hydrogens (tertiary/aromatic N) is 2. The van der Waals surface area contributed by atoms with Crippen LogP contribution in [0.5, 0.6) is 0 Å². The van der Waals surface area contributed by atoms with Gasteiger partial charge in [-0.15, -0.1) is 35.7 Å². The summed E-state index contributed by atoms with van der Waals surface area (Å²) in [5, 5.41) is 15.4. The highest BCUT2D eigenvalue weighted by molar-refractivity contribution is 14.0. The largest absolute Gasteiger partial charge is 0.356 e. The molecule has 126 valence electrons. The van der Waals surface area contributed by atoms with Crippen LogP contribution in [0.1, 0.15) is 11.1 Å². The Balaban J connectivity index is 0.00000288. The third-order valence-electron chi connectivity index (χ3n) is 3.17. The lowest BCUT2D eigenvalue weighted by Gasteiger charge is -2.12. The van der Waals surface area contributed by atoms with Gasteiger partial charge in [0.05, 0.1) is 11.6 Å². The van der Waals surface area contributed by atoms with Crippen molar-refractivity contribution in [3.63, 3.8) is 0 Å². The molecule has 0 aliphatic rings. The quantitative estimate of drug-likeness (QED) is 0.231. The summed E-state index contributed by atoms with van der Waals surface area (Å²) in [6.07, 6.45) is 0. The maximum absolute atomic E-state index is 8.79. The van der Waals surface area contributed by atoms with Crippen molar-refractivity contribution in [2.24, 2.45) is 4.99 Å². The summed E-state index contributed by atoms with van der Waals surface area (Å²) in [7, 11) is 1.76. The highest BCUT2D eigenvalue weighted by Gasteiger charge is 1.99. The predicted octanol–water partition coefficient (Wildman–Crippen LogP) is 3.63. The third-order valence-corrected chi connectivity index (χ3v) is 4.19. The second kappa shape index (κ2) is 11.8. The topological polar surface area (TPSA) is 60.2 Å². The molecule has 2 rings (SSSR count). The molecule has 2 N–H and O–H groups in total. The van der Waals surface area contributed by atoms with E-state index in [0.29, 0.717) is 12.1 Å². The standard InChI is InChI=1S/C18H20N4S.HI/c1-20-18(21-11-12-23-17-5-3-2-4-6-17)22-14-16-9-7-15(13-19)8-10-16;/h2-10H,11-12,14H2,1H3,(H2,20,21,22);1H. The van der Waals surface area contributed by atoms with Gasteiger partial charge in [0.2, 0.25) is 0 Å². The number of rotatable bonds is 6. The lowest BCUT2D eigenvalue weighted by molar-refractivity contribution is 0.832. The SMILES string of the molecule is CN=C(NCCSc1ccccc1)NCc1ccc(C#N)cc1.I. The van der Waals surface area contributed by atoms with Gasteiger partial charge in [-0.05, 0) is 29.8 Å². The Hall–Kier alpha value is -1.72. The Morgan fingerprint density at radius 1 is 1.08 bits per heavy atom. The van der Waals surface area contributed by atoms with Crippen molar-refractivity contribution in [3.05, 3.63) is 65.7 Å². The first kappa shape index (κ1) is 20.3. The first-order valence-corrected chi connectivity index (χ1v) is 8.42. The molecule has 2 aromatic carbocycles. The van der Waals surface area contributed by atoms with E-state index in [4.69, 9.17) is 5.26 Å². The van der Waals surface area contributed by atoms with Crippen LogP contribution >= 0.6 is 35.7 Å². The van der Waals surface area contributed by atoms with Gasteiger partial charge in [0.1, 0.15) is 0 Å². The van der Waals surface area contributed by atoms with E-state index >= 15 is 0 Å². The molecule has 24 heavy (non-hydrogen) atoms. The lowest BCUT2D eigenvalue weighted by Crippen LogP contribution is -2.37. The van der Waals surface area contributed by atoms with Crippen molar-refractivity contribution in [2.75, 3.05) is 19.3 Å². The van der Waals surface area contributed by atoms with Crippen LogP contribution in [0.15, 0.2) is 64.5 Å². The normalized spacial score (nSPS) is 10.4. The van der Waals surface area contributed by atoms with Crippen molar-refractivity contribution >= 4 is 41.7 Å². The Bertz CT molecular complexity index is 666. The molecule has 0 saturated carbocycles.